The number of carbonyl (C=O) groups excluding carboxylic acids is 1. The van der Waals surface area contributed by atoms with Crippen molar-refractivity contribution in [3.8, 4) is 5.69 Å². The SMILES string of the molecule is COC(=O)c1cccc(-n2c(C)cc(C=Nc3ccc(N4CCOCC4)cc3)c2C)c1C. The van der Waals surface area contributed by atoms with Crippen molar-refractivity contribution in [3.63, 3.8) is 0 Å². The molecule has 166 valence electrons. The van der Waals surface area contributed by atoms with Gasteiger partial charge in [-0.15, -0.1) is 0 Å². The molecule has 2 heterocycles. The van der Waals surface area contributed by atoms with E-state index in [1.54, 1.807) is 6.07 Å². The number of hydrogen-bond acceptors (Lipinski definition) is 5. The highest BCUT2D eigenvalue weighted by molar-refractivity contribution is 5.92. The Bertz CT molecular complexity index is 1140. The highest BCUT2D eigenvalue weighted by Gasteiger charge is 2.16. The maximum Gasteiger partial charge on any atom is 0.338 e. The molecule has 4 rings (SSSR count). The summed E-state index contributed by atoms with van der Waals surface area (Å²) in [5, 5.41) is 0. The number of ether oxygens (including phenoxy) is 2. The van der Waals surface area contributed by atoms with E-state index < -0.39 is 0 Å². The topological polar surface area (TPSA) is 56.1 Å². The van der Waals surface area contributed by atoms with Crippen LogP contribution in [0.25, 0.3) is 5.69 Å². The summed E-state index contributed by atoms with van der Waals surface area (Å²) < 4.78 is 12.5. The van der Waals surface area contributed by atoms with Gasteiger partial charge < -0.3 is 18.9 Å². The molecule has 3 aromatic rings. The predicted octanol–water partition coefficient (Wildman–Crippen LogP) is 4.78. The van der Waals surface area contributed by atoms with Gasteiger partial charge in [0.05, 0.1) is 31.6 Å². The minimum atomic E-state index is -0.325. The zero-order valence-corrected chi connectivity index (χ0v) is 19.1. The molecule has 0 aliphatic carbocycles. The van der Waals surface area contributed by atoms with E-state index in [0.29, 0.717) is 5.56 Å². The van der Waals surface area contributed by atoms with Crippen LogP contribution >= 0.6 is 0 Å². The second-order valence-electron chi connectivity index (χ2n) is 7.98. The number of esters is 1. The molecule has 2 aromatic carbocycles. The number of benzene rings is 2. The maximum absolute atomic E-state index is 12.1. The zero-order chi connectivity index (χ0) is 22.7. The minimum Gasteiger partial charge on any atom is -0.465 e. The molecule has 1 aliphatic rings. The molecule has 0 atom stereocenters. The molecule has 6 heteroatoms. The smallest absolute Gasteiger partial charge is 0.338 e. The lowest BCUT2D eigenvalue weighted by atomic mass is 10.1. The Morgan fingerprint density at radius 3 is 2.47 bits per heavy atom. The van der Waals surface area contributed by atoms with Crippen LogP contribution in [0, 0.1) is 20.8 Å². The molecule has 32 heavy (non-hydrogen) atoms. The third-order valence-corrected chi connectivity index (χ3v) is 6.00. The number of morpholine rings is 1. The summed E-state index contributed by atoms with van der Waals surface area (Å²) in [6.07, 6.45) is 1.90. The first-order valence-corrected chi connectivity index (χ1v) is 10.8. The number of nitrogens with zero attached hydrogens (tertiary/aromatic N) is 3. The minimum absolute atomic E-state index is 0.325. The van der Waals surface area contributed by atoms with Crippen molar-refractivity contribution in [2.45, 2.75) is 20.8 Å². The summed E-state index contributed by atoms with van der Waals surface area (Å²) in [6.45, 7) is 9.47. The summed E-state index contributed by atoms with van der Waals surface area (Å²) >= 11 is 0. The number of rotatable bonds is 5. The number of carbonyl (C=O) groups is 1. The summed E-state index contributed by atoms with van der Waals surface area (Å²) in [7, 11) is 1.41. The molecular weight excluding hydrogens is 402 g/mol. The number of hydrogen-bond donors (Lipinski definition) is 0. The third kappa shape index (κ3) is 4.32. The van der Waals surface area contributed by atoms with Crippen molar-refractivity contribution in [1.82, 2.24) is 4.57 Å². The Morgan fingerprint density at radius 2 is 1.78 bits per heavy atom. The van der Waals surface area contributed by atoms with Crippen molar-refractivity contribution in [1.29, 1.82) is 0 Å². The van der Waals surface area contributed by atoms with Crippen LogP contribution in [0.1, 0.15) is 32.9 Å². The molecule has 0 N–H and O–H groups in total. The zero-order valence-electron chi connectivity index (χ0n) is 19.1. The summed E-state index contributed by atoms with van der Waals surface area (Å²) in [6, 6.07) is 16.1. The molecule has 1 aromatic heterocycles. The molecule has 0 unspecified atom stereocenters. The fourth-order valence-electron chi connectivity index (χ4n) is 4.20. The summed E-state index contributed by atoms with van der Waals surface area (Å²) in [4.78, 5) is 19.1. The Balaban J connectivity index is 1.59. The van der Waals surface area contributed by atoms with E-state index in [1.165, 1.54) is 12.8 Å². The van der Waals surface area contributed by atoms with Gasteiger partial charge in [-0.2, -0.15) is 0 Å². The van der Waals surface area contributed by atoms with E-state index in [4.69, 9.17) is 14.5 Å². The van der Waals surface area contributed by atoms with Gasteiger partial charge in [-0.1, -0.05) is 6.07 Å². The van der Waals surface area contributed by atoms with E-state index in [1.807, 2.05) is 37.4 Å². The highest BCUT2D eigenvalue weighted by Crippen LogP contribution is 2.26. The quantitative estimate of drug-likeness (QED) is 0.431. The van der Waals surface area contributed by atoms with E-state index in [9.17, 15) is 4.79 Å². The van der Waals surface area contributed by atoms with Gasteiger partial charge in [0.15, 0.2) is 0 Å². The van der Waals surface area contributed by atoms with Crippen LogP contribution in [-0.2, 0) is 9.47 Å². The van der Waals surface area contributed by atoms with Crippen molar-refractivity contribution < 1.29 is 14.3 Å². The van der Waals surface area contributed by atoms with Crippen LogP contribution in [0.5, 0.6) is 0 Å². The molecule has 0 radical (unpaired) electrons. The molecule has 1 saturated heterocycles. The van der Waals surface area contributed by atoms with E-state index in [2.05, 4.69) is 41.5 Å². The molecule has 6 nitrogen and oxygen atoms in total. The Morgan fingerprint density at radius 1 is 1.06 bits per heavy atom. The number of anilines is 1. The molecule has 0 amide bonds. The first-order valence-electron chi connectivity index (χ1n) is 10.8. The van der Waals surface area contributed by atoms with Crippen molar-refractivity contribution in [2.75, 3.05) is 38.3 Å². The molecule has 1 fully saturated rings. The van der Waals surface area contributed by atoms with Gasteiger partial charge >= 0.3 is 5.97 Å². The lowest BCUT2D eigenvalue weighted by Crippen LogP contribution is -2.36. The van der Waals surface area contributed by atoms with Gasteiger partial charge in [0.2, 0.25) is 0 Å². The Hall–Kier alpha value is -3.38. The molecule has 1 aliphatic heterocycles. The van der Waals surface area contributed by atoms with E-state index in [-0.39, 0.29) is 5.97 Å². The van der Waals surface area contributed by atoms with Crippen LogP contribution in [0.4, 0.5) is 11.4 Å². The van der Waals surface area contributed by atoms with Crippen LogP contribution < -0.4 is 4.90 Å². The highest BCUT2D eigenvalue weighted by atomic mass is 16.5. The van der Waals surface area contributed by atoms with Gasteiger partial charge in [0.25, 0.3) is 0 Å². The van der Waals surface area contributed by atoms with Gasteiger partial charge in [-0.05, 0) is 68.8 Å². The summed E-state index contributed by atoms with van der Waals surface area (Å²) in [5.41, 5.74) is 7.75. The normalized spacial score (nSPS) is 14.2. The number of aliphatic imine (C=N–C) groups is 1. The fourth-order valence-corrected chi connectivity index (χ4v) is 4.20. The van der Waals surface area contributed by atoms with Crippen LogP contribution in [0.2, 0.25) is 0 Å². The van der Waals surface area contributed by atoms with Gasteiger partial charge in [0, 0.05) is 47.6 Å². The van der Waals surface area contributed by atoms with E-state index >= 15 is 0 Å². The number of aromatic nitrogens is 1. The van der Waals surface area contributed by atoms with Crippen LogP contribution in [-0.4, -0.2) is 50.2 Å². The van der Waals surface area contributed by atoms with Crippen molar-refractivity contribution >= 4 is 23.6 Å². The Kier molecular flexibility index (Phi) is 6.42. The van der Waals surface area contributed by atoms with Crippen molar-refractivity contribution in [3.05, 3.63) is 76.6 Å². The lowest BCUT2D eigenvalue weighted by molar-refractivity contribution is 0.0600. The predicted molar refractivity (Wildman–Crippen MR) is 128 cm³/mol. The number of aryl methyl sites for hydroxylation is 1. The average molecular weight is 432 g/mol. The largest absolute Gasteiger partial charge is 0.465 e. The second kappa shape index (κ2) is 9.40. The standard InChI is InChI=1S/C26H29N3O3/c1-18-16-21(17-27-22-8-10-23(11-9-22)28-12-14-32-15-13-28)20(3)29(18)25-7-5-6-24(19(25)2)26(30)31-4/h5-11,16-17H,12-15H2,1-4H3. The van der Waals surface area contributed by atoms with Crippen LogP contribution in [0.3, 0.4) is 0 Å². The maximum atomic E-state index is 12.1. The Labute approximate surface area is 189 Å². The monoisotopic (exact) mass is 431 g/mol. The molecule has 0 spiro atoms. The number of methoxy groups -OCH3 is 1. The molecular formula is C26H29N3O3. The first-order chi connectivity index (χ1) is 15.5. The van der Waals surface area contributed by atoms with Gasteiger partial charge in [0.1, 0.15) is 0 Å². The molecule has 0 bridgehead atoms. The summed E-state index contributed by atoms with van der Waals surface area (Å²) in [5.74, 6) is -0.325. The van der Waals surface area contributed by atoms with Crippen LogP contribution in [0.15, 0.2) is 53.5 Å². The van der Waals surface area contributed by atoms with Gasteiger partial charge in [-0.3, -0.25) is 4.99 Å². The van der Waals surface area contributed by atoms with E-state index in [0.717, 1.165) is 60.2 Å². The second-order valence-corrected chi connectivity index (χ2v) is 7.98. The average Bonchev–Trinajstić information content (AvgIpc) is 3.11. The van der Waals surface area contributed by atoms with Gasteiger partial charge in [-0.25, -0.2) is 4.79 Å². The van der Waals surface area contributed by atoms with Crippen molar-refractivity contribution in [2.24, 2.45) is 4.99 Å². The first kappa shape index (κ1) is 21.8. The third-order valence-electron chi connectivity index (χ3n) is 6.00. The lowest BCUT2D eigenvalue weighted by Gasteiger charge is -2.28. The fraction of sp³-hybridized carbons (Fsp3) is 0.308. The molecule has 0 saturated carbocycles.